The Labute approximate surface area is 97.1 Å². The number of carbonyl (C=O) groups excluding carboxylic acids is 1. The Morgan fingerprint density at radius 1 is 1.47 bits per heavy atom. The highest BCUT2D eigenvalue weighted by Gasteiger charge is 2.39. The van der Waals surface area contributed by atoms with E-state index in [1.54, 1.807) is 25.4 Å². The molecule has 0 fully saturated rings. The van der Waals surface area contributed by atoms with Gasteiger partial charge in [-0.05, 0) is 12.1 Å². The van der Waals surface area contributed by atoms with Crippen LogP contribution >= 0.6 is 0 Å². The lowest BCUT2D eigenvalue weighted by Gasteiger charge is -2.27. The Morgan fingerprint density at radius 2 is 2.18 bits per heavy atom. The van der Waals surface area contributed by atoms with Crippen molar-refractivity contribution >= 4 is 11.5 Å². The number of aliphatic hydroxyl groups excluding tert-OH is 1. The number of ether oxygens (including phenoxy) is 1. The van der Waals surface area contributed by atoms with Gasteiger partial charge >= 0.3 is 0 Å². The van der Waals surface area contributed by atoms with Crippen LogP contribution in [0.15, 0.2) is 34.6 Å². The van der Waals surface area contributed by atoms with Gasteiger partial charge in [-0.25, -0.2) is 0 Å². The number of aromatic nitrogens is 1. The quantitative estimate of drug-likeness (QED) is 0.746. The lowest BCUT2D eigenvalue weighted by Crippen LogP contribution is -2.41. The lowest BCUT2D eigenvalue weighted by atomic mass is 9.97. The lowest BCUT2D eigenvalue weighted by molar-refractivity contribution is -0.128. The number of aryl methyl sites for hydroxylation is 1. The fourth-order valence-electron chi connectivity index (χ4n) is 1.61. The van der Waals surface area contributed by atoms with Crippen molar-refractivity contribution in [1.29, 1.82) is 0 Å². The number of hydrogen-bond donors (Lipinski definition) is 2. The number of rotatable bonds is 3. The van der Waals surface area contributed by atoms with E-state index in [0.29, 0.717) is 0 Å². The van der Waals surface area contributed by atoms with Gasteiger partial charge in [0.05, 0.1) is 12.8 Å². The molecule has 0 aliphatic heterocycles. The summed E-state index contributed by atoms with van der Waals surface area (Å²) in [6, 6.07) is 3.25. The maximum atomic E-state index is 11.7. The van der Waals surface area contributed by atoms with E-state index in [1.165, 1.54) is 11.7 Å². The average Bonchev–Trinajstić information content (AvgIpc) is 2.33. The molecule has 2 rings (SSSR count). The summed E-state index contributed by atoms with van der Waals surface area (Å²) in [5.41, 5.74) is 0.258. The Kier molecular flexibility index (Phi) is 2.72. The predicted molar refractivity (Wildman–Crippen MR) is 60.4 cm³/mol. The molecule has 17 heavy (non-hydrogen) atoms. The zero-order valence-electron chi connectivity index (χ0n) is 9.43. The SMILES string of the molecule is COC1=C(Nc2cccn(C)c2=O)C(O)C1=O. The second kappa shape index (κ2) is 4.06. The van der Waals surface area contributed by atoms with Crippen LogP contribution in [0.3, 0.4) is 0 Å². The van der Waals surface area contributed by atoms with Gasteiger partial charge in [0.25, 0.3) is 5.56 Å². The smallest absolute Gasteiger partial charge is 0.273 e. The molecular formula is C11H12N2O4. The minimum atomic E-state index is -1.24. The molecule has 1 aliphatic carbocycles. The standard InChI is InChI=1S/C11H12N2O4/c1-13-5-3-4-6(11(13)16)12-7-8(14)9(15)10(7)17-2/h3-5,8,12,14H,1-2H3. The number of nitrogens with zero attached hydrogens (tertiary/aromatic N) is 1. The molecule has 1 aromatic heterocycles. The zero-order chi connectivity index (χ0) is 12.6. The van der Waals surface area contributed by atoms with Gasteiger partial charge in [0.1, 0.15) is 5.69 Å². The summed E-state index contributed by atoms with van der Waals surface area (Å²) in [7, 11) is 2.95. The van der Waals surface area contributed by atoms with E-state index in [2.05, 4.69) is 5.32 Å². The third-order valence-electron chi connectivity index (χ3n) is 2.59. The average molecular weight is 236 g/mol. The van der Waals surface area contributed by atoms with Crippen molar-refractivity contribution in [2.24, 2.45) is 7.05 Å². The first-order chi connectivity index (χ1) is 8.06. The molecule has 0 amide bonds. The first kappa shape index (κ1) is 11.4. The first-order valence-electron chi connectivity index (χ1n) is 4.99. The molecule has 1 aromatic rings. The van der Waals surface area contributed by atoms with E-state index in [-0.39, 0.29) is 22.7 Å². The summed E-state index contributed by atoms with van der Waals surface area (Å²) in [6.07, 6.45) is 0.372. The number of ketones is 1. The fourth-order valence-corrected chi connectivity index (χ4v) is 1.61. The Balaban J connectivity index is 2.34. The van der Waals surface area contributed by atoms with Crippen molar-refractivity contribution in [1.82, 2.24) is 4.57 Å². The molecule has 1 aliphatic rings. The van der Waals surface area contributed by atoms with Gasteiger partial charge in [0.15, 0.2) is 11.9 Å². The van der Waals surface area contributed by atoms with Gasteiger partial charge in [-0.2, -0.15) is 0 Å². The van der Waals surface area contributed by atoms with E-state index in [4.69, 9.17) is 4.74 Å². The number of pyridine rings is 1. The van der Waals surface area contributed by atoms with Crippen LogP contribution in [0.4, 0.5) is 5.69 Å². The second-order valence-corrected chi connectivity index (χ2v) is 3.68. The molecule has 1 heterocycles. The highest BCUT2D eigenvalue weighted by molar-refractivity contribution is 6.07. The summed E-state index contributed by atoms with van der Waals surface area (Å²) in [5, 5.41) is 12.2. The van der Waals surface area contributed by atoms with Gasteiger partial charge in [0.2, 0.25) is 5.78 Å². The van der Waals surface area contributed by atoms with Crippen LogP contribution in [0.5, 0.6) is 0 Å². The molecule has 0 radical (unpaired) electrons. The molecule has 6 nitrogen and oxygen atoms in total. The van der Waals surface area contributed by atoms with E-state index in [0.717, 1.165) is 0 Å². The minimum Gasteiger partial charge on any atom is -0.491 e. The number of methoxy groups -OCH3 is 1. The van der Waals surface area contributed by atoms with Crippen LogP contribution in [-0.4, -0.2) is 28.7 Å². The summed E-state index contributed by atoms with van der Waals surface area (Å²) >= 11 is 0. The van der Waals surface area contributed by atoms with Crippen LogP contribution < -0.4 is 10.9 Å². The van der Waals surface area contributed by atoms with Crippen molar-refractivity contribution in [3.05, 3.63) is 40.1 Å². The van der Waals surface area contributed by atoms with E-state index >= 15 is 0 Å². The summed E-state index contributed by atoms with van der Waals surface area (Å²) in [5.74, 6) is -0.425. The van der Waals surface area contributed by atoms with E-state index < -0.39 is 11.9 Å². The van der Waals surface area contributed by atoms with Crippen molar-refractivity contribution < 1.29 is 14.6 Å². The zero-order valence-corrected chi connectivity index (χ0v) is 9.43. The van der Waals surface area contributed by atoms with Gasteiger partial charge in [-0.1, -0.05) is 0 Å². The molecule has 0 saturated heterocycles. The van der Waals surface area contributed by atoms with Crippen LogP contribution in [0, 0.1) is 0 Å². The molecule has 1 unspecified atom stereocenters. The maximum Gasteiger partial charge on any atom is 0.273 e. The number of carbonyl (C=O) groups is 1. The number of nitrogens with one attached hydrogen (secondary N) is 1. The molecule has 90 valence electrons. The minimum absolute atomic E-state index is 0.0587. The Bertz CT molecular complexity index is 559. The fraction of sp³-hybridized carbons (Fsp3) is 0.273. The molecule has 6 heteroatoms. The van der Waals surface area contributed by atoms with Crippen LogP contribution in [0.1, 0.15) is 0 Å². The van der Waals surface area contributed by atoms with Crippen molar-refractivity contribution in [3.8, 4) is 0 Å². The van der Waals surface area contributed by atoms with E-state index in [1.807, 2.05) is 0 Å². The first-order valence-corrected chi connectivity index (χ1v) is 4.99. The highest BCUT2D eigenvalue weighted by atomic mass is 16.5. The van der Waals surface area contributed by atoms with Crippen LogP contribution in [0.25, 0.3) is 0 Å². The summed E-state index contributed by atoms with van der Waals surface area (Å²) in [6.45, 7) is 0. The molecule has 0 bridgehead atoms. The molecule has 1 atom stereocenters. The third-order valence-corrected chi connectivity index (χ3v) is 2.59. The second-order valence-electron chi connectivity index (χ2n) is 3.68. The summed E-state index contributed by atoms with van der Waals surface area (Å²) < 4.78 is 6.21. The largest absolute Gasteiger partial charge is 0.491 e. The summed E-state index contributed by atoms with van der Waals surface area (Å²) in [4.78, 5) is 22.9. The van der Waals surface area contributed by atoms with Gasteiger partial charge in [-0.15, -0.1) is 0 Å². The number of hydrogen-bond acceptors (Lipinski definition) is 5. The van der Waals surface area contributed by atoms with Gasteiger partial charge in [0, 0.05) is 13.2 Å². The van der Waals surface area contributed by atoms with Crippen molar-refractivity contribution in [2.75, 3.05) is 12.4 Å². The molecule has 2 N–H and O–H groups in total. The van der Waals surface area contributed by atoms with Crippen LogP contribution in [0.2, 0.25) is 0 Å². The normalized spacial score (nSPS) is 19.0. The number of anilines is 1. The molecule has 0 spiro atoms. The molecule has 0 saturated carbocycles. The molecular weight excluding hydrogens is 224 g/mol. The monoisotopic (exact) mass is 236 g/mol. The van der Waals surface area contributed by atoms with Crippen LogP contribution in [-0.2, 0) is 16.6 Å². The Hall–Kier alpha value is -2.08. The Morgan fingerprint density at radius 3 is 2.82 bits per heavy atom. The highest BCUT2D eigenvalue weighted by Crippen LogP contribution is 2.25. The van der Waals surface area contributed by atoms with Crippen molar-refractivity contribution in [2.45, 2.75) is 6.10 Å². The van der Waals surface area contributed by atoms with Gasteiger partial charge in [-0.3, -0.25) is 9.59 Å². The topological polar surface area (TPSA) is 80.6 Å². The maximum absolute atomic E-state index is 11.7. The third kappa shape index (κ3) is 1.72. The van der Waals surface area contributed by atoms with E-state index in [9.17, 15) is 14.7 Å². The molecule has 0 aromatic carbocycles. The number of Topliss-reactive ketones (excluding diaryl/α,β-unsaturated/α-hetero) is 1. The number of aliphatic hydroxyl groups is 1. The van der Waals surface area contributed by atoms with Gasteiger partial charge < -0.3 is 19.7 Å². The predicted octanol–water partition coefficient (Wildman–Crippen LogP) is -0.401. The van der Waals surface area contributed by atoms with Crippen molar-refractivity contribution in [3.63, 3.8) is 0 Å².